The normalized spacial score (nSPS) is 17.8. The molecule has 2 heterocycles. The molecule has 0 bridgehead atoms. The van der Waals surface area contributed by atoms with E-state index >= 15 is 0 Å². The van der Waals surface area contributed by atoms with Crippen LogP contribution in [0.3, 0.4) is 0 Å². The van der Waals surface area contributed by atoms with E-state index in [1.807, 2.05) is 19.1 Å². The van der Waals surface area contributed by atoms with Crippen molar-refractivity contribution in [1.29, 1.82) is 0 Å². The van der Waals surface area contributed by atoms with Gasteiger partial charge in [-0.15, -0.1) is 37.2 Å². The van der Waals surface area contributed by atoms with Crippen LogP contribution in [0.15, 0.2) is 36.4 Å². The van der Waals surface area contributed by atoms with Gasteiger partial charge in [-0.2, -0.15) is 8.78 Å². The summed E-state index contributed by atoms with van der Waals surface area (Å²) >= 11 is 0. The molecule has 1 aliphatic heterocycles. The molecule has 4 N–H and O–H groups in total. The SMILES string of the molecule is Cc1cc(N)nc(C[C@H]2CNC[C@H]2OCCNCC(F)(F)c2cccc(F)c2)c1.Cl.Cl.Cl. The molecule has 0 aliphatic carbocycles. The highest BCUT2D eigenvalue weighted by Crippen LogP contribution is 2.27. The minimum atomic E-state index is -3.14. The highest BCUT2D eigenvalue weighted by molar-refractivity contribution is 5.86. The summed E-state index contributed by atoms with van der Waals surface area (Å²) in [5.74, 6) is -3.06. The van der Waals surface area contributed by atoms with Crippen LogP contribution in [0.1, 0.15) is 16.8 Å². The zero-order valence-corrected chi connectivity index (χ0v) is 20.1. The summed E-state index contributed by atoms with van der Waals surface area (Å²) in [5.41, 5.74) is 7.48. The zero-order valence-electron chi connectivity index (χ0n) is 17.7. The number of nitrogens with one attached hydrogen (secondary N) is 2. The Bertz CT molecular complexity index is 812. The van der Waals surface area contributed by atoms with Gasteiger partial charge in [-0.3, -0.25) is 0 Å². The maximum Gasteiger partial charge on any atom is 0.285 e. The minimum absolute atomic E-state index is 0. The highest BCUT2D eigenvalue weighted by Gasteiger charge is 2.31. The Morgan fingerprint density at radius 3 is 2.62 bits per heavy atom. The number of aromatic nitrogens is 1. The maximum absolute atomic E-state index is 14.1. The molecule has 1 saturated heterocycles. The van der Waals surface area contributed by atoms with Gasteiger partial charge in [-0.05, 0) is 43.2 Å². The molecule has 0 amide bonds. The summed E-state index contributed by atoms with van der Waals surface area (Å²) in [6, 6.07) is 8.36. The van der Waals surface area contributed by atoms with Crippen molar-refractivity contribution < 1.29 is 17.9 Å². The Hall–Kier alpha value is -1.29. The molecule has 3 rings (SSSR count). The van der Waals surface area contributed by atoms with Crippen LogP contribution in [0, 0.1) is 18.7 Å². The smallest absolute Gasteiger partial charge is 0.285 e. The number of pyridine rings is 1. The van der Waals surface area contributed by atoms with Gasteiger partial charge in [-0.25, -0.2) is 9.37 Å². The van der Waals surface area contributed by atoms with E-state index in [9.17, 15) is 13.2 Å². The number of anilines is 1. The standard InChI is InChI=1S/C21H27F3N4O.3ClH/c1-14-7-18(28-20(25)8-14)9-15-11-27-12-19(15)29-6-5-26-13-21(23,24)16-3-2-4-17(22)10-16;;;/h2-4,7-8,10,15,19,26-27H,5-6,9,11-13H2,1H3,(H2,25,28);3*1H/t15-,19+;;;/m0.../s1. The molecule has 0 unspecified atom stereocenters. The van der Waals surface area contributed by atoms with Crippen LogP contribution >= 0.6 is 37.2 Å². The van der Waals surface area contributed by atoms with E-state index in [4.69, 9.17) is 10.5 Å². The zero-order chi connectivity index (χ0) is 20.9. The predicted octanol–water partition coefficient (Wildman–Crippen LogP) is 3.91. The van der Waals surface area contributed by atoms with Crippen molar-refractivity contribution >= 4 is 43.0 Å². The first kappa shape index (κ1) is 30.7. The van der Waals surface area contributed by atoms with Crippen molar-refractivity contribution in [3.8, 4) is 0 Å². The predicted molar refractivity (Wildman–Crippen MR) is 128 cm³/mol. The molecule has 32 heavy (non-hydrogen) atoms. The summed E-state index contributed by atoms with van der Waals surface area (Å²) in [5, 5.41) is 6.00. The summed E-state index contributed by atoms with van der Waals surface area (Å²) in [4.78, 5) is 4.38. The van der Waals surface area contributed by atoms with Crippen molar-refractivity contribution in [2.24, 2.45) is 5.92 Å². The van der Waals surface area contributed by atoms with Crippen LogP contribution in [-0.2, 0) is 17.1 Å². The minimum Gasteiger partial charge on any atom is -0.384 e. The lowest BCUT2D eigenvalue weighted by Gasteiger charge is -2.21. The van der Waals surface area contributed by atoms with Gasteiger partial charge in [-0.1, -0.05) is 12.1 Å². The number of hydrogen-bond donors (Lipinski definition) is 3. The number of aryl methyl sites for hydroxylation is 1. The van der Waals surface area contributed by atoms with Gasteiger partial charge in [0.15, 0.2) is 0 Å². The number of hydrogen-bond acceptors (Lipinski definition) is 5. The summed E-state index contributed by atoms with van der Waals surface area (Å²) in [6.45, 7) is 3.53. The monoisotopic (exact) mass is 516 g/mol. The van der Waals surface area contributed by atoms with E-state index in [1.165, 1.54) is 12.1 Å². The maximum atomic E-state index is 14.1. The molecular formula is C21H30Cl3F3N4O. The van der Waals surface area contributed by atoms with Crippen LogP contribution in [0.25, 0.3) is 0 Å². The molecule has 1 aromatic carbocycles. The Morgan fingerprint density at radius 1 is 1.19 bits per heavy atom. The summed E-state index contributed by atoms with van der Waals surface area (Å²) < 4.78 is 47.3. The second-order valence-electron chi connectivity index (χ2n) is 7.48. The third-order valence-electron chi connectivity index (χ3n) is 5.00. The van der Waals surface area contributed by atoms with E-state index in [2.05, 4.69) is 15.6 Å². The summed E-state index contributed by atoms with van der Waals surface area (Å²) in [7, 11) is 0. The van der Waals surface area contributed by atoms with Crippen LogP contribution < -0.4 is 16.4 Å². The third kappa shape index (κ3) is 8.92. The molecule has 0 spiro atoms. The van der Waals surface area contributed by atoms with Gasteiger partial charge in [0.1, 0.15) is 11.6 Å². The van der Waals surface area contributed by atoms with Crippen LogP contribution in [0.4, 0.5) is 19.0 Å². The number of ether oxygens (including phenoxy) is 1. The molecule has 11 heteroatoms. The van der Waals surface area contributed by atoms with Gasteiger partial charge >= 0.3 is 0 Å². The summed E-state index contributed by atoms with van der Waals surface area (Å²) in [6.07, 6.45) is 0.735. The number of nitrogens with zero attached hydrogens (tertiary/aromatic N) is 1. The number of benzene rings is 1. The quantitative estimate of drug-likeness (QED) is 0.440. The second-order valence-corrected chi connectivity index (χ2v) is 7.48. The number of nitrogens with two attached hydrogens (primary N) is 1. The van der Waals surface area contributed by atoms with Gasteiger partial charge in [0.25, 0.3) is 5.92 Å². The lowest BCUT2D eigenvalue weighted by Crippen LogP contribution is -2.34. The molecule has 1 aliphatic rings. The molecule has 5 nitrogen and oxygen atoms in total. The van der Waals surface area contributed by atoms with Crippen molar-refractivity contribution in [2.75, 3.05) is 38.5 Å². The molecule has 2 aromatic rings. The average Bonchev–Trinajstić information content (AvgIpc) is 3.07. The first-order valence-corrected chi connectivity index (χ1v) is 9.73. The number of rotatable bonds is 9. The fourth-order valence-electron chi connectivity index (χ4n) is 3.59. The van der Waals surface area contributed by atoms with Crippen molar-refractivity contribution in [3.63, 3.8) is 0 Å². The highest BCUT2D eigenvalue weighted by atomic mass is 35.5. The fraction of sp³-hybridized carbons (Fsp3) is 0.476. The third-order valence-corrected chi connectivity index (χ3v) is 5.00. The molecule has 0 saturated carbocycles. The Morgan fingerprint density at radius 2 is 1.94 bits per heavy atom. The molecular weight excluding hydrogens is 488 g/mol. The molecule has 1 fully saturated rings. The lowest BCUT2D eigenvalue weighted by atomic mass is 9.99. The second kappa shape index (κ2) is 14.1. The van der Waals surface area contributed by atoms with Gasteiger partial charge in [0.2, 0.25) is 0 Å². The molecule has 182 valence electrons. The van der Waals surface area contributed by atoms with E-state index < -0.39 is 18.3 Å². The molecule has 0 radical (unpaired) electrons. The Kier molecular flexibility index (Phi) is 13.5. The van der Waals surface area contributed by atoms with E-state index in [0.717, 1.165) is 36.4 Å². The van der Waals surface area contributed by atoms with Crippen LogP contribution in [0.5, 0.6) is 0 Å². The van der Waals surface area contributed by atoms with Gasteiger partial charge < -0.3 is 21.1 Å². The van der Waals surface area contributed by atoms with Crippen molar-refractivity contribution in [3.05, 3.63) is 59.0 Å². The lowest BCUT2D eigenvalue weighted by molar-refractivity contribution is -0.00825. The van der Waals surface area contributed by atoms with E-state index in [-0.39, 0.29) is 61.4 Å². The Labute approximate surface area is 205 Å². The van der Waals surface area contributed by atoms with Crippen LogP contribution in [0.2, 0.25) is 0 Å². The van der Waals surface area contributed by atoms with Crippen molar-refractivity contribution in [2.45, 2.75) is 25.4 Å². The molecule has 1 aromatic heterocycles. The van der Waals surface area contributed by atoms with Crippen LogP contribution in [-0.4, -0.2) is 43.9 Å². The number of nitrogen functional groups attached to an aromatic ring is 1. The molecule has 2 atom stereocenters. The van der Waals surface area contributed by atoms with E-state index in [0.29, 0.717) is 19.0 Å². The number of halogens is 6. The fourth-order valence-corrected chi connectivity index (χ4v) is 3.59. The van der Waals surface area contributed by atoms with Gasteiger partial charge in [0.05, 0.1) is 19.3 Å². The average molecular weight is 518 g/mol. The van der Waals surface area contributed by atoms with Gasteiger partial charge in [0, 0.05) is 36.8 Å². The first-order chi connectivity index (χ1) is 13.8. The topological polar surface area (TPSA) is 72.2 Å². The largest absolute Gasteiger partial charge is 0.384 e. The van der Waals surface area contributed by atoms with Crippen molar-refractivity contribution in [1.82, 2.24) is 15.6 Å². The Balaban J connectivity index is 0.00000320. The number of alkyl halides is 2. The van der Waals surface area contributed by atoms with E-state index in [1.54, 1.807) is 0 Å². The first-order valence-electron chi connectivity index (χ1n) is 9.73.